The Morgan fingerprint density at radius 2 is 1.84 bits per heavy atom. The van der Waals surface area contributed by atoms with Crippen LogP contribution < -0.4 is 5.73 Å². The first-order chi connectivity index (χ1) is 8.81. The summed E-state index contributed by atoms with van der Waals surface area (Å²) >= 11 is 0. The molecule has 0 aliphatic carbocycles. The summed E-state index contributed by atoms with van der Waals surface area (Å²) in [5, 5.41) is 0. The van der Waals surface area contributed by atoms with E-state index in [1.165, 1.54) is 0 Å². The summed E-state index contributed by atoms with van der Waals surface area (Å²) < 4.78 is 35.1. The lowest BCUT2D eigenvalue weighted by atomic mass is 10.1. The lowest BCUT2D eigenvalue weighted by molar-refractivity contribution is -0.150. The SMILES string of the molecule is CC(C)OC(=O)COC(=O)c1cc(F)c(F)cc1N. The van der Waals surface area contributed by atoms with Crippen molar-refractivity contribution >= 4 is 17.6 Å². The lowest BCUT2D eigenvalue weighted by Crippen LogP contribution is -2.20. The first kappa shape index (κ1) is 14.9. The quantitative estimate of drug-likeness (QED) is 0.666. The Morgan fingerprint density at radius 3 is 2.42 bits per heavy atom. The molecular formula is C12H13F2NO4. The molecule has 0 heterocycles. The summed E-state index contributed by atoms with van der Waals surface area (Å²) in [5.41, 5.74) is 4.73. The molecule has 0 aliphatic rings. The molecule has 1 rings (SSSR count). The molecule has 19 heavy (non-hydrogen) atoms. The van der Waals surface area contributed by atoms with Gasteiger partial charge in [-0.25, -0.2) is 18.4 Å². The maximum Gasteiger partial charge on any atom is 0.344 e. The van der Waals surface area contributed by atoms with Crippen molar-refractivity contribution < 1.29 is 27.8 Å². The van der Waals surface area contributed by atoms with Gasteiger partial charge in [0, 0.05) is 11.8 Å². The molecule has 104 valence electrons. The van der Waals surface area contributed by atoms with Gasteiger partial charge in [0.2, 0.25) is 0 Å². The molecule has 0 saturated carbocycles. The molecule has 0 aliphatic heterocycles. The van der Waals surface area contributed by atoms with E-state index in [0.29, 0.717) is 12.1 Å². The summed E-state index contributed by atoms with van der Waals surface area (Å²) in [6.45, 7) is 2.63. The van der Waals surface area contributed by atoms with Crippen molar-refractivity contribution in [3.63, 3.8) is 0 Å². The fraction of sp³-hybridized carbons (Fsp3) is 0.333. The first-order valence-electron chi connectivity index (χ1n) is 5.42. The Bertz CT molecular complexity index is 503. The predicted octanol–water partition coefficient (Wildman–Crippen LogP) is 1.66. The van der Waals surface area contributed by atoms with Crippen LogP contribution in [0.2, 0.25) is 0 Å². The average Bonchev–Trinajstić information content (AvgIpc) is 2.30. The predicted molar refractivity (Wildman–Crippen MR) is 62.3 cm³/mol. The zero-order valence-corrected chi connectivity index (χ0v) is 10.4. The lowest BCUT2D eigenvalue weighted by Gasteiger charge is -2.09. The Labute approximate surface area is 108 Å². The van der Waals surface area contributed by atoms with Crippen LogP contribution in [0.15, 0.2) is 12.1 Å². The topological polar surface area (TPSA) is 78.6 Å². The maximum atomic E-state index is 13.0. The first-order valence-corrected chi connectivity index (χ1v) is 5.42. The van der Waals surface area contributed by atoms with Crippen molar-refractivity contribution in [3.05, 3.63) is 29.3 Å². The standard InChI is InChI=1S/C12H13F2NO4/c1-6(2)19-11(16)5-18-12(17)7-3-8(13)9(14)4-10(7)15/h3-4,6H,5,15H2,1-2H3. The molecule has 5 nitrogen and oxygen atoms in total. The number of rotatable bonds is 4. The normalized spacial score (nSPS) is 10.4. The van der Waals surface area contributed by atoms with Crippen molar-refractivity contribution in [2.75, 3.05) is 12.3 Å². The number of nitrogens with two attached hydrogens (primary N) is 1. The van der Waals surface area contributed by atoms with Crippen LogP contribution in [0.1, 0.15) is 24.2 Å². The minimum absolute atomic E-state index is 0.277. The molecule has 0 fully saturated rings. The van der Waals surface area contributed by atoms with E-state index >= 15 is 0 Å². The zero-order valence-electron chi connectivity index (χ0n) is 10.4. The highest BCUT2D eigenvalue weighted by Crippen LogP contribution is 2.17. The number of anilines is 1. The highest BCUT2D eigenvalue weighted by molar-refractivity contribution is 5.95. The third kappa shape index (κ3) is 4.20. The van der Waals surface area contributed by atoms with Crippen LogP contribution in [0.4, 0.5) is 14.5 Å². The number of carbonyl (C=O) groups is 2. The van der Waals surface area contributed by atoms with Gasteiger partial charge in [-0.3, -0.25) is 0 Å². The van der Waals surface area contributed by atoms with Gasteiger partial charge in [-0.05, 0) is 19.9 Å². The highest BCUT2D eigenvalue weighted by Gasteiger charge is 2.17. The Balaban J connectivity index is 2.69. The molecule has 2 N–H and O–H groups in total. The summed E-state index contributed by atoms with van der Waals surface area (Å²) in [6, 6.07) is 1.28. The van der Waals surface area contributed by atoms with Crippen molar-refractivity contribution in [1.29, 1.82) is 0 Å². The minimum atomic E-state index is -1.23. The summed E-state index contributed by atoms with van der Waals surface area (Å²) in [4.78, 5) is 22.7. The van der Waals surface area contributed by atoms with E-state index in [1.807, 2.05) is 0 Å². The van der Waals surface area contributed by atoms with Crippen LogP contribution in [0.25, 0.3) is 0 Å². The minimum Gasteiger partial charge on any atom is -0.460 e. The van der Waals surface area contributed by atoms with E-state index in [9.17, 15) is 18.4 Å². The van der Waals surface area contributed by atoms with Gasteiger partial charge in [-0.15, -0.1) is 0 Å². The van der Waals surface area contributed by atoms with Gasteiger partial charge in [-0.2, -0.15) is 0 Å². The van der Waals surface area contributed by atoms with Crippen molar-refractivity contribution in [2.24, 2.45) is 0 Å². The van der Waals surface area contributed by atoms with E-state index in [1.54, 1.807) is 13.8 Å². The molecule has 0 bridgehead atoms. The summed E-state index contributed by atoms with van der Waals surface area (Å²) in [6.07, 6.45) is -0.348. The van der Waals surface area contributed by atoms with Gasteiger partial charge < -0.3 is 15.2 Å². The molecule has 0 atom stereocenters. The van der Waals surface area contributed by atoms with Gasteiger partial charge in [0.25, 0.3) is 0 Å². The second kappa shape index (κ2) is 6.12. The molecule has 0 radical (unpaired) electrons. The van der Waals surface area contributed by atoms with E-state index in [2.05, 4.69) is 4.74 Å². The summed E-state index contributed by atoms with van der Waals surface area (Å²) in [7, 11) is 0. The third-order valence-corrected chi connectivity index (χ3v) is 2.00. The van der Waals surface area contributed by atoms with E-state index in [-0.39, 0.29) is 17.4 Å². The van der Waals surface area contributed by atoms with Crippen LogP contribution in [0.5, 0.6) is 0 Å². The molecule has 1 aromatic rings. The zero-order chi connectivity index (χ0) is 14.6. The second-order valence-electron chi connectivity index (χ2n) is 3.97. The molecule has 0 aromatic heterocycles. The number of esters is 2. The molecule has 0 unspecified atom stereocenters. The van der Waals surface area contributed by atoms with Crippen LogP contribution >= 0.6 is 0 Å². The van der Waals surface area contributed by atoms with Crippen LogP contribution in [0.3, 0.4) is 0 Å². The molecule has 7 heteroatoms. The third-order valence-electron chi connectivity index (χ3n) is 2.00. The fourth-order valence-electron chi connectivity index (χ4n) is 1.24. The summed E-state index contributed by atoms with van der Waals surface area (Å²) in [5.74, 6) is -4.18. The number of hydrogen-bond acceptors (Lipinski definition) is 5. The molecule has 1 aromatic carbocycles. The number of ether oxygens (including phenoxy) is 2. The van der Waals surface area contributed by atoms with Crippen LogP contribution in [-0.4, -0.2) is 24.6 Å². The number of benzene rings is 1. The Kier molecular flexibility index (Phi) is 4.80. The van der Waals surface area contributed by atoms with Gasteiger partial charge in [0.1, 0.15) is 0 Å². The van der Waals surface area contributed by atoms with E-state index in [4.69, 9.17) is 10.5 Å². The van der Waals surface area contributed by atoms with Crippen molar-refractivity contribution in [1.82, 2.24) is 0 Å². The fourth-order valence-corrected chi connectivity index (χ4v) is 1.24. The van der Waals surface area contributed by atoms with Gasteiger partial charge >= 0.3 is 11.9 Å². The number of nitrogen functional groups attached to an aromatic ring is 1. The van der Waals surface area contributed by atoms with E-state index < -0.39 is 30.2 Å². The molecule has 0 amide bonds. The number of halogens is 2. The molecule has 0 spiro atoms. The van der Waals surface area contributed by atoms with Gasteiger partial charge in [0.05, 0.1) is 11.7 Å². The van der Waals surface area contributed by atoms with Gasteiger partial charge in [-0.1, -0.05) is 0 Å². The van der Waals surface area contributed by atoms with Crippen LogP contribution in [0, 0.1) is 11.6 Å². The van der Waals surface area contributed by atoms with Crippen molar-refractivity contribution in [3.8, 4) is 0 Å². The monoisotopic (exact) mass is 273 g/mol. The smallest absolute Gasteiger partial charge is 0.344 e. The average molecular weight is 273 g/mol. The second-order valence-corrected chi connectivity index (χ2v) is 3.97. The number of carbonyl (C=O) groups excluding carboxylic acids is 2. The molecular weight excluding hydrogens is 260 g/mol. The largest absolute Gasteiger partial charge is 0.460 e. The number of hydrogen-bond donors (Lipinski definition) is 1. The van der Waals surface area contributed by atoms with E-state index in [0.717, 1.165) is 0 Å². The Hall–Kier alpha value is -2.18. The van der Waals surface area contributed by atoms with Gasteiger partial charge in [0.15, 0.2) is 18.2 Å². The van der Waals surface area contributed by atoms with Crippen molar-refractivity contribution in [2.45, 2.75) is 20.0 Å². The Morgan fingerprint density at radius 1 is 1.26 bits per heavy atom. The molecule has 0 saturated heterocycles. The van der Waals surface area contributed by atoms with Crippen LogP contribution in [-0.2, 0) is 14.3 Å². The maximum absolute atomic E-state index is 13.0. The highest BCUT2D eigenvalue weighted by atomic mass is 19.2.